The molecule has 2 nitrogen and oxygen atoms in total. The summed E-state index contributed by atoms with van der Waals surface area (Å²) in [5, 5.41) is 3.89. The Morgan fingerprint density at radius 2 is 2.15 bits per heavy atom. The number of nitrogens with zero attached hydrogens (tertiary/aromatic N) is 1. The van der Waals surface area contributed by atoms with E-state index in [1.54, 1.807) is 0 Å². The quantitative estimate of drug-likeness (QED) is 0.540. The van der Waals surface area contributed by atoms with Crippen molar-refractivity contribution >= 4 is 11.6 Å². The van der Waals surface area contributed by atoms with Crippen molar-refractivity contribution in [2.24, 2.45) is 5.92 Å². The first-order chi connectivity index (χ1) is 6.20. The summed E-state index contributed by atoms with van der Waals surface area (Å²) in [7, 11) is 4.20. The Bertz CT molecular complexity index is 139. The predicted octanol–water partition coefficient (Wildman–Crippen LogP) is 1.55. The number of hydrogen-bond donors (Lipinski definition) is 1. The predicted molar refractivity (Wildman–Crippen MR) is 58.4 cm³/mol. The van der Waals surface area contributed by atoms with E-state index in [4.69, 9.17) is 11.6 Å². The van der Waals surface area contributed by atoms with E-state index in [9.17, 15) is 0 Å². The van der Waals surface area contributed by atoms with Gasteiger partial charge >= 0.3 is 0 Å². The summed E-state index contributed by atoms with van der Waals surface area (Å²) >= 11 is 6.17. The van der Waals surface area contributed by atoms with Gasteiger partial charge < -0.3 is 10.2 Å². The van der Waals surface area contributed by atoms with Gasteiger partial charge in [-0.1, -0.05) is 6.42 Å². The molecule has 0 aromatic rings. The van der Waals surface area contributed by atoms with E-state index in [1.165, 1.54) is 19.3 Å². The molecular formula is C10H21ClN2. The van der Waals surface area contributed by atoms with Crippen LogP contribution in [0.15, 0.2) is 0 Å². The Kier molecular flexibility index (Phi) is 5.07. The van der Waals surface area contributed by atoms with Crippen molar-refractivity contribution in [2.75, 3.05) is 33.7 Å². The van der Waals surface area contributed by atoms with Gasteiger partial charge in [-0.25, -0.2) is 0 Å². The zero-order valence-electron chi connectivity index (χ0n) is 8.72. The van der Waals surface area contributed by atoms with Gasteiger partial charge in [0.15, 0.2) is 0 Å². The van der Waals surface area contributed by atoms with Gasteiger partial charge in [-0.2, -0.15) is 0 Å². The minimum Gasteiger partial charge on any atom is -0.315 e. The molecule has 0 bridgehead atoms. The van der Waals surface area contributed by atoms with Crippen LogP contribution in [-0.2, 0) is 0 Å². The first kappa shape index (κ1) is 11.3. The maximum absolute atomic E-state index is 6.17. The largest absolute Gasteiger partial charge is 0.315 e. The molecule has 0 amide bonds. The molecule has 0 saturated heterocycles. The minimum absolute atomic E-state index is 0.423. The molecule has 3 heteroatoms. The third-order valence-corrected chi connectivity index (χ3v) is 3.28. The number of likely N-dealkylation sites (N-methyl/N-ethyl adjacent to an activating group) is 1. The van der Waals surface area contributed by atoms with Gasteiger partial charge in [-0.05, 0) is 39.4 Å². The fourth-order valence-electron chi connectivity index (χ4n) is 1.81. The number of rotatable bonds is 5. The molecule has 1 aliphatic carbocycles. The molecule has 78 valence electrons. The van der Waals surface area contributed by atoms with Gasteiger partial charge in [0.05, 0.1) is 0 Å². The van der Waals surface area contributed by atoms with Crippen molar-refractivity contribution in [2.45, 2.75) is 24.6 Å². The normalized spacial score (nSPS) is 28.6. The Hall–Kier alpha value is 0.210. The van der Waals surface area contributed by atoms with Crippen LogP contribution in [0.3, 0.4) is 0 Å². The molecule has 1 N–H and O–H groups in total. The number of nitrogens with one attached hydrogen (secondary N) is 1. The Labute approximate surface area is 86.6 Å². The highest BCUT2D eigenvalue weighted by atomic mass is 35.5. The van der Waals surface area contributed by atoms with Crippen LogP contribution in [0, 0.1) is 5.92 Å². The van der Waals surface area contributed by atoms with Gasteiger partial charge in [0.1, 0.15) is 0 Å². The molecule has 1 fully saturated rings. The third kappa shape index (κ3) is 4.30. The lowest BCUT2D eigenvalue weighted by atomic mass is 10.1. The van der Waals surface area contributed by atoms with E-state index in [0.717, 1.165) is 19.6 Å². The first-order valence-electron chi connectivity index (χ1n) is 5.19. The van der Waals surface area contributed by atoms with Crippen LogP contribution in [0.4, 0.5) is 0 Å². The average molecular weight is 205 g/mol. The molecule has 0 heterocycles. The highest BCUT2D eigenvalue weighted by Gasteiger charge is 2.24. The van der Waals surface area contributed by atoms with Crippen molar-refractivity contribution < 1.29 is 0 Å². The molecule has 0 aliphatic heterocycles. The van der Waals surface area contributed by atoms with E-state index in [2.05, 4.69) is 24.3 Å². The summed E-state index contributed by atoms with van der Waals surface area (Å²) < 4.78 is 0. The van der Waals surface area contributed by atoms with Gasteiger partial charge in [0.25, 0.3) is 0 Å². The molecule has 1 rings (SSSR count). The smallest absolute Gasteiger partial charge is 0.0376 e. The summed E-state index contributed by atoms with van der Waals surface area (Å²) in [6, 6.07) is 0. The zero-order valence-corrected chi connectivity index (χ0v) is 9.48. The molecule has 2 unspecified atom stereocenters. The zero-order chi connectivity index (χ0) is 9.68. The van der Waals surface area contributed by atoms with Crippen LogP contribution < -0.4 is 5.32 Å². The lowest BCUT2D eigenvalue weighted by molar-refractivity contribution is 0.387. The van der Waals surface area contributed by atoms with E-state index < -0.39 is 0 Å². The molecule has 13 heavy (non-hydrogen) atoms. The van der Waals surface area contributed by atoms with Crippen molar-refractivity contribution in [3.05, 3.63) is 0 Å². The molecule has 0 spiro atoms. The first-order valence-corrected chi connectivity index (χ1v) is 5.63. The van der Waals surface area contributed by atoms with Crippen LogP contribution in [0.2, 0.25) is 0 Å². The SMILES string of the molecule is CN(C)CCNCC1CCCC1Cl. The fourth-order valence-corrected chi connectivity index (χ4v) is 2.18. The molecule has 1 aliphatic rings. The lowest BCUT2D eigenvalue weighted by Crippen LogP contribution is -2.31. The van der Waals surface area contributed by atoms with Crippen molar-refractivity contribution in [3.8, 4) is 0 Å². The third-order valence-electron chi connectivity index (χ3n) is 2.71. The fraction of sp³-hybridized carbons (Fsp3) is 1.00. The summed E-state index contributed by atoms with van der Waals surface area (Å²) in [6.45, 7) is 3.29. The lowest BCUT2D eigenvalue weighted by Gasteiger charge is -2.15. The number of hydrogen-bond acceptors (Lipinski definition) is 2. The van der Waals surface area contributed by atoms with Gasteiger partial charge in [0, 0.05) is 18.5 Å². The number of alkyl halides is 1. The van der Waals surface area contributed by atoms with Crippen LogP contribution in [0.1, 0.15) is 19.3 Å². The highest BCUT2D eigenvalue weighted by Crippen LogP contribution is 2.29. The Morgan fingerprint density at radius 1 is 1.38 bits per heavy atom. The second-order valence-corrected chi connectivity index (χ2v) is 4.77. The second-order valence-electron chi connectivity index (χ2n) is 4.21. The second kappa shape index (κ2) is 5.84. The molecule has 0 radical (unpaired) electrons. The summed E-state index contributed by atoms with van der Waals surface area (Å²) in [6.07, 6.45) is 3.83. The summed E-state index contributed by atoms with van der Waals surface area (Å²) in [4.78, 5) is 2.19. The van der Waals surface area contributed by atoms with Crippen LogP contribution in [0.5, 0.6) is 0 Å². The topological polar surface area (TPSA) is 15.3 Å². The molecule has 2 atom stereocenters. The molecule has 1 saturated carbocycles. The van der Waals surface area contributed by atoms with Gasteiger partial charge in [-0.3, -0.25) is 0 Å². The van der Waals surface area contributed by atoms with E-state index in [-0.39, 0.29) is 0 Å². The Balaban J connectivity index is 1.99. The molecule has 0 aromatic carbocycles. The van der Waals surface area contributed by atoms with E-state index in [0.29, 0.717) is 11.3 Å². The van der Waals surface area contributed by atoms with Crippen molar-refractivity contribution in [1.29, 1.82) is 0 Å². The molecule has 0 aromatic heterocycles. The molecular weight excluding hydrogens is 184 g/mol. The minimum atomic E-state index is 0.423. The standard InChI is InChI=1S/C10H21ClN2/c1-13(2)7-6-12-8-9-4-3-5-10(9)11/h9-10,12H,3-8H2,1-2H3. The van der Waals surface area contributed by atoms with E-state index in [1.807, 2.05) is 0 Å². The van der Waals surface area contributed by atoms with Gasteiger partial charge in [-0.15, -0.1) is 11.6 Å². The van der Waals surface area contributed by atoms with Crippen molar-refractivity contribution in [3.63, 3.8) is 0 Å². The van der Waals surface area contributed by atoms with Crippen LogP contribution >= 0.6 is 11.6 Å². The maximum Gasteiger partial charge on any atom is 0.0376 e. The van der Waals surface area contributed by atoms with Gasteiger partial charge in [0.2, 0.25) is 0 Å². The monoisotopic (exact) mass is 204 g/mol. The van der Waals surface area contributed by atoms with Crippen LogP contribution in [0.25, 0.3) is 0 Å². The van der Waals surface area contributed by atoms with Crippen molar-refractivity contribution in [1.82, 2.24) is 10.2 Å². The van der Waals surface area contributed by atoms with Crippen LogP contribution in [-0.4, -0.2) is 44.0 Å². The Morgan fingerprint density at radius 3 is 2.69 bits per heavy atom. The average Bonchev–Trinajstić information content (AvgIpc) is 2.45. The summed E-state index contributed by atoms with van der Waals surface area (Å²) in [5.41, 5.74) is 0. The maximum atomic E-state index is 6.17. The van der Waals surface area contributed by atoms with E-state index >= 15 is 0 Å². The summed E-state index contributed by atoms with van der Waals surface area (Å²) in [5.74, 6) is 0.712. The number of halogens is 1. The highest BCUT2D eigenvalue weighted by molar-refractivity contribution is 6.20.